The maximum absolute atomic E-state index is 11.7. The topological polar surface area (TPSA) is 65.2 Å². The smallest absolute Gasteiger partial charge is 0.336 e. The molecule has 0 aliphatic carbocycles. The van der Waals surface area contributed by atoms with Gasteiger partial charge in [0, 0.05) is 17.5 Å². The number of hydrogen-bond donors (Lipinski definition) is 0. The summed E-state index contributed by atoms with van der Waals surface area (Å²) in [6, 6.07) is 14.8. The Bertz CT molecular complexity index is 1160. The summed E-state index contributed by atoms with van der Waals surface area (Å²) in [5.41, 5.74) is 4.49. The highest BCUT2D eigenvalue weighted by molar-refractivity contribution is 5.81. The van der Waals surface area contributed by atoms with Crippen LogP contribution in [0.4, 0.5) is 0 Å². The molecule has 0 bridgehead atoms. The number of benzene rings is 2. The molecule has 0 spiro atoms. The highest BCUT2D eigenvalue weighted by atomic mass is 16.5. The summed E-state index contributed by atoms with van der Waals surface area (Å²) >= 11 is 0. The SMILES string of the molecule is CCc1cc(=O)oc2cc(OCc3nc4ccccc4nc3C)ccc12. The average molecular weight is 346 g/mol. The molecule has 0 saturated heterocycles. The molecule has 5 nitrogen and oxygen atoms in total. The maximum atomic E-state index is 11.7. The Morgan fingerprint density at radius 2 is 1.81 bits per heavy atom. The monoisotopic (exact) mass is 346 g/mol. The van der Waals surface area contributed by atoms with Gasteiger partial charge in [0.1, 0.15) is 17.9 Å². The number of nitrogens with zero attached hydrogens (tertiary/aromatic N) is 2. The standard InChI is InChI=1S/C21H18N2O3/c1-3-14-10-21(24)26-20-11-15(8-9-16(14)20)25-12-19-13(2)22-17-6-4-5-7-18(17)23-19/h4-11H,3,12H2,1-2H3. The van der Waals surface area contributed by atoms with E-state index in [0.29, 0.717) is 17.9 Å². The molecule has 0 N–H and O–H groups in total. The van der Waals surface area contributed by atoms with Crippen molar-refractivity contribution in [3.8, 4) is 5.75 Å². The first-order valence-corrected chi connectivity index (χ1v) is 8.56. The number of aryl methyl sites for hydroxylation is 2. The third-order valence-corrected chi connectivity index (χ3v) is 4.40. The molecule has 0 unspecified atom stereocenters. The van der Waals surface area contributed by atoms with Crippen LogP contribution < -0.4 is 10.4 Å². The third kappa shape index (κ3) is 3.04. The van der Waals surface area contributed by atoms with E-state index in [1.807, 2.05) is 50.2 Å². The van der Waals surface area contributed by atoms with Crippen molar-refractivity contribution in [1.82, 2.24) is 9.97 Å². The largest absolute Gasteiger partial charge is 0.487 e. The number of ether oxygens (including phenoxy) is 1. The van der Waals surface area contributed by atoms with Gasteiger partial charge in [0.05, 0.1) is 22.4 Å². The van der Waals surface area contributed by atoms with Crippen molar-refractivity contribution in [3.63, 3.8) is 0 Å². The van der Waals surface area contributed by atoms with Gasteiger partial charge < -0.3 is 9.15 Å². The van der Waals surface area contributed by atoms with E-state index in [1.165, 1.54) is 6.07 Å². The lowest BCUT2D eigenvalue weighted by atomic mass is 10.1. The summed E-state index contributed by atoms with van der Waals surface area (Å²) < 4.78 is 11.2. The van der Waals surface area contributed by atoms with Crippen LogP contribution in [0.1, 0.15) is 23.9 Å². The van der Waals surface area contributed by atoms with Crippen LogP contribution in [0, 0.1) is 6.92 Å². The molecule has 0 saturated carbocycles. The highest BCUT2D eigenvalue weighted by Crippen LogP contribution is 2.24. The van der Waals surface area contributed by atoms with Crippen LogP contribution in [0.15, 0.2) is 57.7 Å². The quantitative estimate of drug-likeness (QED) is 0.519. The van der Waals surface area contributed by atoms with Gasteiger partial charge in [-0.1, -0.05) is 19.1 Å². The number of fused-ring (bicyclic) bond motifs is 2. The first-order valence-electron chi connectivity index (χ1n) is 8.56. The van der Waals surface area contributed by atoms with E-state index in [9.17, 15) is 4.79 Å². The molecule has 0 amide bonds. The molecule has 2 aromatic heterocycles. The predicted octanol–water partition coefficient (Wildman–Crippen LogP) is 4.19. The molecule has 4 rings (SSSR count). The lowest BCUT2D eigenvalue weighted by Crippen LogP contribution is -2.04. The van der Waals surface area contributed by atoms with E-state index in [-0.39, 0.29) is 5.63 Å². The molecule has 0 aliphatic rings. The van der Waals surface area contributed by atoms with Gasteiger partial charge in [-0.25, -0.2) is 14.8 Å². The van der Waals surface area contributed by atoms with Gasteiger partial charge in [-0.05, 0) is 43.2 Å². The average Bonchev–Trinajstić information content (AvgIpc) is 2.65. The molecular formula is C21H18N2O3. The highest BCUT2D eigenvalue weighted by Gasteiger charge is 2.09. The summed E-state index contributed by atoms with van der Waals surface area (Å²) in [6.07, 6.45) is 0.772. The van der Waals surface area contributed by atoms with Gasteiger partial charge in [-0.2, -0.15) is 0 Å². The number of rotatable bonds is 4. The van der Waals surface area contributed by atoms with Crippen LogP contribution in [-0.2, 0) is 13.0 Å². The zero-order valence-electron chi connectivity index (χ0n) is 14.7. The van der Waals surface area contributed by atoms with Crippen molar-refractivity contribution in [2.75, 3.05) is 0 Å². The van der Waals surface area contributed by atoms with Crippen LogP contribution in [0.3, 0.4) is 0 Å². The minimum absolute atomic E-state index is 0.298. The molecule has 26 heavy (non-hydrogen) atoms. The Morgan fingerprint density at radius 3 is 2.58 bits per heavy atom. The molecule has 2 aromatic carbocycles. The molecule has 0 fully saturated rings. The summed E-state index contributed by atoms with van der Waals surface area (Å²) in [6.45, 7) is 4.23. The lowest BCUT2D eigenvalue weighted by Gasteiger charge is -2.10. The van der Waals surface area contributed by atoms with E-state index in [4.69, 9.17) is 9.15 Å². The molecule has 5 heteroatoms. The summed E-state index contributed by atoms with van der Waals surface area (Å²) in [5.74, 6) is 0.628. The van der Waals surface area contributed by atoms with E-state index < -0.39 is 0 Å². The zero-order valence-corrected chi connectivity index (χ0v) is 14.7. The van der Waals surface area contributed by atoms with Gasteiger partial charge in [0.2, 0.25) is 0 Å². The van der Waals surface area contributed by atoms with Crippen LogP contribution in [0.2, 0.25) is 0 Å². The van der Waals surface area contributed by atoms with Crippen molar-refractivity contribution < 1.29 is 9.15 Å². The van der Waals surface area contributed by atoms with Crippen molar-refractivity contribution >= 4 is 22.0 Å². The van der Waals surface area contributed by atoms with Crippen LogP contribution in [0.25, 0.3) is 22.0 Å². The van der Waals surface area contributed by atoms with Crippen molar-refractivity contribution in [2.45, 2.75) is 26.9 Å². The number of aromatic nitrogens is 2. The Kier molecular flexibility index (Phi) is 4.13. The fourth-order valence-electron chi connectivity index (χ4n) is 3.01. The van der Waals surface area contributed by atoms with Gasteiger partial charge in [0.25, 0.3) is 0 Å². The van der Waals surface area contributed by atoms with Crippen molar-refractivity contribution in [1.29, 1.82) is 0 Å². The second kappa shape index (κ2) is 6.59. The normalized spacial score (nSPS) is 11.2. The second-order valence-electron chi connectivity index (χ2n) is 6.14. The summed E-state index contributed by atoms with van der Waals surface area (Å²) in [5, 5.41) is 0.932. The van der Waals surface area contributed by atoms with Crippen LogP contribution >= 0.6 is 0 Å². The van der Waals surface area contributed by atoms with E-state index in [2.05, 4.69) is 9.97 Å². The first-order chi connectivity index (χ1) is 12.6. The molecule has 2 heterocycles. The Labute approximate surface area is 150 Å². The van der Waals surface area contributed by atoms with Gasteiger partial charge >= 0.3 is 5.63 Å². The second-order valence-corrected chi connectivity index (χ2v) is 6.14. The zero-order chi connectivity index (χ0) is 18.1. The minimum atomic E-state index is -0.345. The molecule has 0 radical (unpaired) electrons. The molecule has 4 aromatic rings. The lowest BCUT2D eigenvalue weighted by molar-refractivity contribution is 0.300. The summed E-state index contributed by atoms with van der Waals surface area (Å²) in [7, 11) is 0. The fraction of sp³-hybridized carbons (Fsp3) is 0.190. The molecule has 0 atom stereocenters. The first kappa shape index (κ1) is 16.3. The summed E-state index contributed by atoms with van der Waals surface area (Å²) in [4.78, 5) is 20.9. The van der Waals surface area contributed by atoms with E-state index in [1.54, 1.807) is 6.07 Å². The van der Waals surface area contributed by atoms with Crippen LogP contribution in [0.5, 0.6) is 5.75 Å². The van der Waals surface area contributed by atoms with Gasteiger partial charge in [-0.3, -0.25) is 0 Å². The fourth-order valence-corrected chi connectivity index (χ4v) is 3.01. The van der Waals surface area contributed by atoms with Crippen molar-refractivity contribution in [2.24, 2.45) is 0 Å². The van der Waals surface area contributed by atoms with Gasteiger partial charge in [0.15, 0.2) is 0 Å². The minimum Gasteiger partial charge on any atom is -0.487 e. The van der Waals surface area contributed by atoms with Gasteiger partial charge in [-0.15, -0.1) is 0 Å². The third-order valence-electron chi connectivity index (χ3n) is 4.40. The van der Waals surface area contributed by atoms with Crippen molar-refractivity contribution in [3.05, 3.63) is 75.9 Å². The Hall–Kier alpha value is -3.21. The predicted molar refractivity (Wildman–Crippen MR) is 100 cm³/mol. The Morgan fingerprint density at radius 1 is 1.04 bits per heavy atom. The van der Waals surface area contributed by atoms with E-state index in [0.717, 1.165) is 39.8 Å². The number of hydrogen-bond acceptors (Lipinski definition) is 5. The van der Waals surface area contributed by atoms with E-state index >= 15 is 0 Å². The number of para-hydroxylation sites is 2. The maximum Gasteiger partial charge on any atom is 0.336 e. The van der Waals surface area contributed by atoms with Crippen LogP contribution in [-0.4, -0.2) is 9.97 Å². The molecule has 0 aliphatic heterocycles. The Balaban J connectivity index is 1.64. The molecular weight excluding hydrogens is 328 g/mol. The molecule has 130 valence electrons.